The number of Topliss-reactive ketones (excluding diaryl/α,β-unsaturated/α-hetero) is 1. The summed E-state index contributed by atoms with van der Waals surface area (Å²) >= 11 is 0. The lowest BCUT2D eigenvalue weighted by Crippen LogP contribution is -2.52. The second-order valence-corrected chi connectivity index (χ2v) is 6.70. The molecule has 4 atom stereocenters. The molecule has 0 bridgehead atoms. The Morgan fingerprint density at radius 3 is 2.46 bits per heavy atom. The van der Waals surface area contributed by atoms with Gasteiger partial charge in [0.25, 0.3) is 0 Å². The van der Waals surface area contributed by atoms with Crippen LogP contribution in [0.1, 0.15) is 31.7 Å². The van der Waals surface area contributed by atoms with Gasteiger partial charge in [-0.1, -0.05) is 37.3 Å². The van der Waals surface area contributed by atoms with Crippen LogP contribution in [0.4, 0.5) is 4.79 Å². The average molecular weight is 362 g/mol. The van der Waals surface area contributed by atoms with Crippen molar-refractivity contribution in [1.29, 1.82) is 0 Å². The summed E-state index contributed by atoms with van der Waals surface area (Å²) in [5.41, 5.74) is 1.16. The number of rotatable bonds is 8. The lowest BCUT2D eigenvalue weighted by molar-refractivity contribution is -0.139. The monoisotopic (exact) mass is 362 g/mol. The second-order valence-electron chi connectivity index (χ2n) is 6.70. The van der Waals surface area contributed by atoms with Crippen LogP contribution >= 0.6 is 0 Å². The smallest absolute Gasteiger partial charge is 0.407 e. The topological polar surface area (TPSA) is 105 Å². The van der Waals surface area contributed by atoms with Gasteiger partial charge < -0.3 is 15.2 Å². The van der Waals surface area contributed by atoms with E-state index < -0.39 is 30.2 Å². The van der Waals surface area contributed by atoms with Crippen LogP contribution in [0.5, 0.6) is 0 Å². The van der Waals surface area contributed by atoms with Crippen molar-refractivity contribution in [2.24, 2.45) is 5.92 Å². The minimum absolute atomic E-state index is 0.118. The predicted octanol–water partition coefficient (Wildman–Crippen LogP) is 1.75. The Balaban J connectivity index is 2.03. The van der Waals surface area contributed by atoms with E-state index in [1.54, 1.807) is 0 Å². The van der Waals surface area contributed by atoms with Gasteiger partial charge in [0.2, 0.25) is 0 Å². The van der Waals surface area contributed by atoms with E-state index >= 15 is 0 Å². The first-order valence-corrected chi connectivity index (χ1v) is 8.83. The quantitative estimate of drug-likeness (QED) is 0.651. The average Bonchev–Trinajstić information content (AvgIpc) is 3.14. The van der Waals surface area contributed by atoms with Crippen LogP contribution in [-0.4, -0.2) is 48.2 Å². The standard InChI is InChI=1S/C19H26N2O5/c1-12(8-9-13-6-4-3-5-7-13)16(21-19(25)26-2)17(22)14-10-11-15(20-14)18(23)24/h3-7,12,14-16,20H,8-11H2,1-2H3,(H,21,25)(H,23,24). The van der Waals surface area contributed by atoms with Gasteiger partial charge in [0.15, 0.2) is 5.78 Å². The summed E-state index contributed by atoms with van der Waals surface area (Å²) in [6.45, 7) is 1.91. The number of hydrogen-bond acceptors (Lipinski definition) is 5. The second kappa shape index (κ2) is 9.33. The molecule has 1 saturated heterocycles. The van der Waals surface area contributed by atoms with Crippen LogP contribution in [0.15, 0.2) is 30.3 Å². The molecule has 1 heterocycles. The minimum Gasteiger partial charge on any atom is -0.480 e. The number of methoxy groups -OCH3 is 1. The Morgan fingerprint density at radius 2 is 1.88 bits per heavy atom. The normalized spacial score (nSPS) is 21.6. The largest absolute Gasteiger partial charge is 0.480 e. The number of carboxylic acid groups (broad SMARTS) is 1. The lowest BCUT2D eigenvalue weighted by atomic mass is 9.88. The van der Waals surface area contributed by atoms with Crippen molar-refractivity contribution in [3.8, 4) is 0 Å². The van der Waals surface area contributed by atoms with E-state index in [2.05, 4.69) is 15.4 Å². The molecule has 26 heavy (non-hydrogen) atoms. The molecule has 142 valence electrons. The van der Waals surface area contributed by atoms with E-state index in [1.807, 2.05) is 37.3 Å². The Kier molecular flexibility index (Phi) is 7.15. The van der Waals surface area contributed by atoms with E-state index in [0.717, 1.165) is 12.0 Å². The molecule has 1 amide bonds. The fraction of sp³-hybridized carbons (Fsp3) is 0.526. The van der Waals surface area contributed by atoms with Crippen molar-refractivity contribution >= 4 is 17.8 Å². The summed E-state index contributed by atoms with van der Waals surface area (Å²) in [4.78, 5) is 35.7. The highest BCUT2D eigenvalue weighted by atomic mass is 16.5. The molecule has 0 aromatic heterocycles. The Bertz CT molecular complexity index is 634. The Labute approximate surface area is 153 Å². The number of aryl methyl sites for hydroxylation is 1. The number of amides is 1. The summed E-state index contributed by atoms with van der Waals surface area (Å²) in [7, 11) is 1.25. The summed E-state index contributed by atoms with van der Waals surface area (Å²) in [5, 5.41) is 14.6. The van der Waals surface area contributed by atoms with Crippen molar-refractivity contribution in [2.75, 3.05) is 7.11 Å². The van der Waals surface area contributed by atoms with Gasteiger partial charge in [0, 0.05) is 0 Å². The highest BCUT2D eigenvalue weighted by molar-refractivity contribution is 5.93. The maximum atomic E-state index is 12.9. The Hall–Kier alpha value is -2.41. The van der Waals surface area contributed by atoms with E-state index in [9.17, 15) is 14.4 Å². The summed E-state index contributed by atoms with van der Waals surface area (Å²) in [6, 6.07) is 7.90. The van der Waals surface area contributed by atoms with Gasteiger partial charge in [-0.25, -0.2) is 4.79 Å². The van der Waals surface area contributed by atoms with Gasteiger partial charge in [-0.15, -0.1) is 0 Å². The van der Waals surface area contributed by atoms with Crippen LogP contribution in [0, 0.1) is 5.92 Å². The molecule has 4 unspecified atom stereocenters. The first-order chi connectivity index (χ1) is 12.4. The van der Waals surface area contributed by atoms with Crippen molar-refractivity contribution in [2.45, 2.75) is 50.7 Å². The summed E-state index contributed by atoms with van der Waals surface area (Å²) < 4.78 is 4.65. The maximum absolute atomic E-state index is 12.9. The zero-order chi connectivity index (χ0) is 19.1. The molecule has 0 aliphatic carbocycles. The highest BCUT2D eigenvalue weighted by Gasteiger charge is 2.38. The molecule has 1 aliphatic rings. The lowest BCUT2D eigenvalue weighted by Gasteiger charge is -2.26. The molecule has 2 rings (SSSR count). The van der Waals surface area contributed by atoms with Crippen molar-refractivity contribution < 1.29 is 24.2 Å². The molecular weight excluding hydrogens is 336 g/mol. The summed E-state index contributed by atoms with van der Waals surface area (Å²) in [5.74, 6) is -1.28. The SMILES string of the molecule is COC(=O)NC(C(=O)C1CCC(C(=O)O)N1)C(C)CCc1ccccc1. The number of hydrogen-bond donors (Lipinski definition) is 3. The van der Waals surface area contributed by atoms with E-state index in [1.165, 1.54) is 7.11 Å². The molecule has 7 nitrogen and oxygen atoms in total. The number of alkyl carbamates (subject to hydrolysis) is 1. The van der Waals surface area contributed by atoms with Gasteiger partial charge >= 0.3 is 12.1 Å². The number of ketones is 1. The van der Waals surface area contributed by atoms with Crippen molar-refractivity contribution in [3.05, 3.63) is 35.9 Å². The fourth-order valence-corrected chi connectivity index (χ4v) is 3.26. The first kappa shape index (κ1) is 19.9. The van der Waals surface area contributed by atoms with Crippen LogP contribution in [-0.2, 0) is 20.7 Å². The molecule has 3 N–H and O–H groups in total. The first-order valence-electron chi connectivity index (χ1n) is 8.83. The number of ether oxygens (including phenoxy) is 1. The van der Waals surface area contributed by atoms with Gasteiger partial charge in [-0.2, -0.15) is 0 Å². The number of benzene rings is 1. The van der Waals surface area contributed by atoms with Crippen molar-refractivity contribution in [3.63, 3.8) is 0 Å². The third-order valence-electron chi connectivity index (χ3n) is 4.85. The zero-order valence-corrected chi connectivity index (χ0v) is 15.1. The van der Waals surface area contributed by atoms with E-state index in [-0.39, 0.29) is 11.7 Å². The number of aliphatic carboxylic acids is 1. The number of carbonyl (C=O) groups is 3. The van der Waals surface area contributed by atoms with Crippen molar-refractivity contribution in [1.82, 2.24) is 10.6 Å². The molecule has 0 radical (unpaired) electrons. The fourth-order valence-electron chi connectivity index (χ4n) is 3.26. The molecule has 0 spiro atoms. The third-order valence-corrected chi connectivity index (χ3v) is 4.85. The van der Waals surface area contributed by atoms with Crippen LogP contribution in [0.25, 0.3) is 0 Å². The van der Waals surface area contributed by atoms with Gasteiger partial charge in [0.05, 0.1) is 19.2 Å². The molecule has 1 aliphatic heterocycles. The maximum Gasteiger partial charge on any atom is 0.407 e. The van der Waals surface area contributed by atoms with Crippen LogP contribution < -0.4 is 10.6 Å². The number of carboxylic acids is 1. The van der Waals surface area contributed by atoms with E-state index in [4.69, 9.17) is 5.11 Å². The highest BCUT2D eigenvalue weighted by Crippen LogP contribution is 2.20. The molecule has 1 aromatic carbocycles. The number of nitrogens with one attached hydrogen (secondary N) is 2. The molecule has 1 aromatic rings. The van der Waals surface area contributed by atoms with Gasteiger partial charge in [0.1, 0.15) is 6.04 Å². The molecular formula is C19H26N2O5. The Morgan fingerprint density at radius 1 is 1.23 bits per heavy atom. The number of carbonyl (C=O) groups excluding carboxylic acids is 2. The van der Waals surface area contributed by atoms with Crippen LogP contribution in [0.2, 0.25) is 0 Å². The molecule has 1 fully saturated rings. The van der Waals surface area contributed by atoms with Gasteiger partial charge in [-0.05, 0) is 37.2 Å². The third kappa shape index (κ3) is 5.29. The molecule has 7 heteroatoms. The van der Waals surface area contributed by atoms with E-state index in [0.29, 0.717) is 19.3 Å². The molecule has 0 saturated carbocycles. The summed E-state index contributed by atoms with van der Waals surface area (Å²) in [6.07, 6.45) is 1.67. The predicted molar refractivity (Wildman–Crippen MR) is 95.8 cm³/mol. The zero-order valence-electron chi connectivity index (χ0n) is 15.1. The van der Waals surface area contributed by atoms with Gasteiger partial charge in [-0.3, -0.25) is 14.9 Å². The van der Waals surface area contributed by atoms with Crippen LogP contribution in [0.3, 0.4) is 0 Å². The minimum atomic E-state index is -0.963.